The molecular formula is C12H20N4O2S. The first-order valence-electron chi connectivity index (χ1n) is 6.25. The SMILES string of the molecule is C=CCOCCSc1ncn(C(=O)N(CC)CC)n1. The van der Waals surface area contributed by atoms with Crippen LogP contribution in [-0.4, -0.2) is 57.8 Å². The molecule has 0 bridgehead atoms. The Hall–Kier alpha value is -1.34. The standard InChI is InChI=1S/C12H20N4O2S/c1-4-7-18-8-9-19-11-13-10-16(14-11)12(17)15(5-2)6-3/h4,10H,1,5-9H2,2-3H3. The summed E-state index contributed by atoms with van der Waals surface area (Å²) >= 11 is 1.46. The van der Waals surface area contributed by atoms with E-state index in [0.29, 0.717) is 31.5 Å². The Bertz CT molecular complexity index is 404. The molecule has 0 saturated heterocycles. The number of thioether (sulfide) groups is 1. The van der Waals surface area contributed by atoms with Crippen molar-refractivity contribution in [3.63, 3.8) is 0 Å². The normalized spacial score (nSPS) is 10.4. The van der Waals surface area contributed by atoms with E-state index in [1.165, 1.54) is 22.8 Å². The van der Waals surface area contributed by atoms with Crippen molar-refractivity contribution in [2.24, 2.45) is 0 Å². The van der Waals surface area contributed by atoms with Crippen molar-refractivity contribution in [2.45, 2.75) is 19.0 Å². The zero-order chi connectivity index (χ0) is 14.1. The van der Waals surface area contributed by atoms with E-state index in [0.717, 1.165) is 5.75 Å². The zero-order valence-electron chi connectivity index (χ0n) is 11.4. The van der Waals surface area contributed by atoms with Crippen LogP contribution in [0.25, 0.3) is 0 Å². The number of ether oxygens (including phenoxy) is 1. The molecule has 1 rings (SSSR count). The minimum Gasteiger partial charge on any atom is -0.377 e. The van der Waals surface area contributed by atoms with Crippen molar-refractivity contribution in [1.29, 1.82) is 0 Å². The molecule has 0 atom stereocenters. The quantitative estimate of drug-likeness (QED) is 0.414. The summed E-state index contributed by atoms with van der Waals surface area (Å²) in [7, 11) is 0. The molecule has 0 spiro atoms. The van der Waals surface area contributed by atoms with Crippen LogP contribution in [0.3, 0.4) is 0 Å². The van der Waals surface area contributed by atoms with Gasteiger partial charge in [-0.15, -0.1) is 11.7 Å². The molecule has 106 valence electrons. The number of carbonyl (C=O) groups excluding carboxylic acids is 1. The van der Waals surface area contributed by atoms with Gasteiger partial charge in [-0.05, 0) is 13.8 Å². The summed E-state index contributed by atoms with van der Waals surface area (Å²) < 4.78 is 6.53. The average Bonchev–Trinajstić information content (AvgIpc) is 2.88. The van der Waals surface area contributed by atoms with Crippen molar-refractivity contribution in [3.8, 4) is 0 Å². The van der Waals surface area contributed by atoms with Gasteiger partial charge in [-0.25, -0.2) is 9.78 Å². The van der Waals surface area contributed by atoms with E-state index >= 15 is 0 Å². The highest BCUT2D eigenvalue weighted by Gasteiger charge is 2.14. The molecular weight excluding hydrogens is 264 g/mol. The molecule has 1 amide bonds. The number of rotatable bonds is 8. The van der Waals surface area contributed by atoms with Crippen LogP contribution in [0.5, 0.6) is 0 Å². The second-order valence-corrected chi connectivity index (χ2v) is 4.70. The van der Waals surface area contributed by atoms with E-state index in [-0.39, 0.29) is 6.03 Å². The third kappa shape index (κ3) is 5.04. The first kappa shape index (κ1) is 15.7. The van der Waals surface area contributed by atoms with E-state index in [2.05, 4.69) is 16.7 Å². The van der Waals surface area contributed by atoms with Gasteiger partial charge in [-0.2, -0.15) is 4.68 Å². The van der Waals surface area contributed by atoms with Gasteiger partial charge in [0.2, 0.25) is 5.16 Å². The van der Waals surface area contributed by atoms with Gasteiger partial charge in [0.15, 0.2) is 0 Å². The molecule has 0 aliphatic carbocycles. The molecule has 0 aromatic carbocycles. The van der Waals surface area contributed by atoms with Crippen molar-refractivity contribution >= 4 is 17.8 Å². The lowest BCUT2D eigenvalue weighted by Gasteiger charge is -2.17. The number of hydrogen-bond acceptors (Lipinski definition) is 5. The second kappa shape index (κ2) is 8.71. The summed E-state index contributed by atoms with van der Waals surface area (Å²) in [5.41, 5.74) is 0. The monoisotopic (exact) mass is 284 g/mol. The van der Waals surface area contributed by atoms with E-state index in [4.69, 9.17) is 4.74 Å². The average molecular weight is 284 g/mol. The molecule has 0 saturated carbocycles. The van der Waals surface area contributed by atoms with Gasteiger partial charge in [-0.3, -0.25) is 0 Å². The first-order chi connectivity index (χ1) is 9.22. The van der Waals surface area contributed by atoms with Gasteiger partial charge < -0.3 is 9.64 Å². The van der Waals surface area contributed by atoms with Crippen LogP contribution in [0.15, 0.2) is 24.1 Å². The molecule has 6 nitrogen and oxygen atoms in total. The maximum atomic E-state index is 12.0. The molecule has 0 aliphatic heterocycles. The fraction of sp³-hybridized carbons (Fsp3) is 0.583. The van der Waals surface area contributed by atoms with Gasteiger partial charge in [0.1, 0.15) is 6.33 Å². The summed E-state index contributed by atoms with van der Waals surface area (Å²) in [5, 5.41) is 4.73. The Labute approximate surface area is 117 Å². The van der Waals surface area contributed by atoms with Crippen molar-refractivity contribution < 1.29 is 9.53 Å². The number of nitrogens with zero attached hydrogens (tertiary/aromatic N) is 4. The van der Waals surface area contributed by atoms with Gasteiger partial charge in [0.25, 0.3) is 0 Å². The zero-order valence-corrected chi connectivity index (χ0v) is 12.2. The van der Waals surface area contributed by atoms with Gasteiger partial charge in [0.05, 0.1) is 13.2 Å². The number of amides is 1. The fourth-order valence-electron chi connectivity index (χ4n) is 1.40. The van der Waals surface area contributed by atoms with Crippen LogP contribution in [0.4, 0.5) is 4.79 Å². The summed E-state index contributed by atoms with van der Waals surface area (Å²) in [5.74, 6) is 0.747. The van der Waals surface area contributed by atoms with Crippen molar-refractivity contribution in [3.05, 3.63) is 19.0 Å². The third-order valence-corrected chi connectivity index (χ3v) is 3.21. The molecule has 0 fully saturated rings. The Kier molecular flexibility index (Phi) is 7.20. The van der Waals surface area contributed by atoms with Crippen LogP contribution in [-0.2, 0) is 4.74 Å². The molecule has 0 N–H and O–H groups in total. The van der Waals surface area contributed by atoms with Crippen LogP contribution >= 0.6 is 11.8 Å². The molecule has 1 heterocycles. The predicted molar refractivity (Wildman–Crippen MR) is 75.5 cm³/mol. The summed E-state index contributed by atoms with van der Waals surface area (Å²) in [6, 6.07) is -0.146. The Morgan fingerprint density at radius 3 is 2.95 bits per heavy atom. The Balaban J connectivity index is 2.43. The highest BCUT2D eigenvalue weighted by atomic mass is 32.2. The fourth-order valence-corrected chi connectivity index (χ4v) is 2.05. The van der Waals surface area contributed by atoms with Gasteiger partial charge >= 0.3 is 6.03 Å². The topological polar surface area (TPSA) is 60.3 Å². The Morgan fingerprint density at radius 1 is 1.58 bits per heavy atom. The summed E-state index contributed by atoms with van der Waals surface area (Å²) in [4.78, 5) is 17.8. The smallest absolute Gasteiger partial charge is 0.346 e. The van der Waals surface area contributed by atoms with Crippen molar-refractivity contribution in [2.75, 3.05) is 32.1 Å². The summed E-state index contributed by atoms with van der Waals surface area (Å²) in [6.07, 6.45) is 3.16. The minimum absolute atomic E-state index is 0.146. The van der Waals surface area contributed by atoms with Crippen LogP contribution in [0, 0.1) is 0 Å². The molecule has 0 aliphatic rings. The van der Waals surface area contributed by atoms with E-state index in [9.17, 15) is 4.79 Å². The lowest BCUT2D eigenvalue weighted by molar-refractivity contribution is 0.180. The molecule has 1 aromatic rings. The molecule has 1 aromatic heterocycles. The van der Waals surface area contributed by atoms with Crippen LogP contribution in [0.1, 0.15) is 13.8 Å². The molecule has 19 heavy (non-hydrogen) atoms. The lowest BCUT2D eigenvalue weighted by atomic mass is 10.5. The van der Waals surface area contributed by atoms with Crippen molar-refractivity contribution in [1.82, 2.24) is 19.7 Å². The number of aromatic nitrogens is 3. The predicted octanol–water partition coefficient (Wildman–Crippen LogP) is 1.88. The summed E-state index contributed by atoms with van der Waals surface area (Å²) in [6.45, 7) is 9.91. The minimum atomic E-state index is -0.146. The van der Waals surface area contributed by atoms with Gasteiger partial charge in [-0.1, -0.05) is 17.8 Å². The molecule has 0 radical (unpaired) electrons. The third-order valence-electron chi connectivity index (χ3n) is 2.40. The lowest BCUT2D eigenvalue weighted by Crippen LogP contribution is -2.34. The first-order valence-corrected chi connectivity index (χ1v) is 7.23. The number of hydrogen-bond donors (Lipinski definition) is 0. The largest absolute Gasteiger partial charge is 0.377 e. The highest BCUT2D eigenvalue weighted by Crippen LogP contribution is 2.11. The maximum absolute atomic E-state index is 12.0. The maximum Gasteiger partial charge on any atom is 0.346 e. The van der Waals surface area contributed by atoms with Crippen LogP contribution in [0.2, 0.25) is 0 Å². The molecule has 0 unspecified atom stereocenters. The second-order valence-electron chi connectivity index (χ2n) is 3.64. The highest BCUT2D eigenvalue weighted by molar-refractivity contribution is 7.99. The van der Waals surface area contributed by atoms with Crippen LogP contribution < -0.4 is 0 Å². The van der Waals surface area contributed by atoms with E-state index in [1.807, 2.05) is 13.8 Å². The van der Waals surface area contributed by atoms with E-state index < -0.39 is 0 Å². The Morgan fingerprint density at radius 2 is 2.32 bits per heavy atom. The van der Waals surface area contributed by atoms with Gasteiger partial charge in [0, 0.05) is 18.8 Å². The number of carbonyl (C=O) groups is 1. The van der Waals surface area contributed by atoms with E-state index in [1.54, 1.807) is 11.0 Å². The molecule has 7 heteroatoms.